The van der Waals surface area contributed by atoms with Gasteiger partial charge in [-0.05, 0) is 139 Å². The molecular weight excluding hydrogens is 624 g/mol. The second-order valence-electron chi connectivity index (χ2n) is 17.4. The van der Waals surface area contributed by atoms with Gasteiger partial charge in [0.05, 0.1) is 23.9 Å². The maximum atomic E-state index is 13.9. The van der Waals surface area contributed by atoms with Crippen molar-refractivity contribution in [1.82, 2.24) is 9.97 Å². The van der Waals surface area contributed by atoms with Crippen LogP contribution in [0.15, 0.2) is 71.0 Å². The van der Waals surface area contributed by atoms with E-state index in [0.717, 1.165) is 80.2 Å². The summed E-state index contributed by atoms with van der Waals surface area (Å²) in [4.78, 5) is 22.5. The van der Waals surface area contributed by atoms with Crippen molar-refractivity contribution in [2.24, 2.45) is 67.0 Å². The SMILES string of the molecule is COC(=O)[C@]12CC[C@@H](C(/C=C/c3cccnc3)=N/O)[C@@H]1[C@H]1CC[C@@H]3[C@@]4(C)CC(=C/c5cccnc5)/C(=N/O)C(C)(C)[C@@H]4CC[C@@]3(C)[C@]1(C)CC2. The molecule has 0 amide bonds. The summed E-state index contributed by atoms with van der Waals surface area (Å²) in [6.07, 6.45) is 21.7. The van der Waals surface area contributed by atoms with Crippen LogP contribution in [0.5, 0.6) is 0 Å². The molecule has 5 saturated carbocycles. The Bertz CT molecular complexity index is 1740. The average Bonchev–Trinajstić information content (AvgIpc) is 3.50. The molecule has 2 N–H and O–H groups in total. The molecule has 0 spiro atoms. The number of carbonyl (C=O) groups is 1. The fraction of sp³-hybridized carbons (Fsp3) is 0.595. The fourth-order valence-corrected chi connectivity index (χ4v) is 13.2. The van der Waals surface area contributed by atoms with Crippen molar-refractivity contribution in [3.63, 3.8) is 0 Å². The molecule has 50 heavy (non-hydrogen) atoms. The van der Waals surface area contributed by atoms with Crippen LogP contribution in [0, 0.1) is 56.7 Å². The molecule has 0 aliphatic heterocycles. The lowest BCUT2D eigenvalue weighted by molar-refractivity contribution is -0.227. The predicted octanol–water partition coefficient (Wildman–Crippen LogP) is 9.10. The zero-order chi connectivity index (χ0) is 35.5. The third-order valence-electron chi connectivity index (χ3n) is 15.4. The minimum Gasteiger partial charge on any atom is -0.469 e. The number of oxime groups is 2. The van der Waals surface area contributed by atoms with E-state index in [2.05, 4.69) is 67.0 Å². The highest BCUT2D eigenvalue weighted by molar-refractivity contribution is 6.08. The number of hydrogen-bond acceptors (Lipinski definition) is 8. The normalized spacial score (nSPS) is 40.9. The van der Waals surface area contributed by atoms with Gasteiger partial charge >= 0.3 is 5.97 Å². The van der Waals surface area contributed by atoms with Gasteiger partial charge in [-0.2, -0.15) is 0 Å². The van der Waals surface area contributed by atoms with Crippen molar-refractivity contribution in [2.45, 2.75) is 92.4 Å². The monoisotopic (exact) mass is 678 g/mol. The van der Waals surface area contributed by atoms with Gasteiger partial charge in [0.15, 0.2) is 0 Å². The lowest BCUT2D eigenvalue weighted by Crippen LogP contribution is -2.67. The molecule has 5 aliphatic carbocycles. The van der Waals surface area contributed by atoms with E-state index >= 15 is 0 Å². The first-order valence-electron chi connectivity index (χ1n) is 18.6. The van der Waals surface area contributed by atoms with E-state index in [4.69, 9.17) is 4.74 Å². The van der Waals surface area contributed by atoms with Gasteiger partial charge in [0.1, 0.15) is 0 Å². The van der Waals surface area contributed by atoms with Gasteiger partial charge in [-0.15, -0.1) is 0 Å². The molecular formula is C42H54N4O4. The van der Waals surface area contributed by atoms with E-state index in [-0.39, 0.29) is 45.4 Å². The first kappa shape index (κ1) is 34.6. The summed E-state index contributed by atoms with van der Waals surface area (Å²) < 4.78 is 5.61. The summed E-state index contributed by atoms with van der Waals surface area (Å²) in [5.74, 6) is 0.984. The molecule has 266 valence electrons. The van der Waals surface area contributed by atoms with Crippen LogP contribution in [0.25, 0.3) is 12.2 Å². The molecule has 8 nitrogen and oxygen atoms in total. The largest absolute Gasteiger partial charge is 0.469 e. The number of hydrogen-bond donors (Lipinski definition) is 2. The third kappa shape index (κ3) is 4.94. The van der Waals surface area contributed by atoms with Crippen molar-refractivity contribution in [3.05, 3.63) is 71.8 Å². The minimum atomic E-state index is -0.578. The number of nitrogens with zero attached hydrogens (tertiary/aromatic N) is 4. The molecule has 0 saturated heterocycles. The van der Waals surface area contributed by atoms with Gasteiger partial charge in [-0.3, -0.25) is 14.8 Å². The van der Waals surface area contributed by atoms with Gasteiger partial charge in [0.2, 0.25) is 0 Å². The molecule has 2 aromatic heterocycles. The number of fused-ring (bicyclic) bond motifs is 7. The number of rotatable bonds is 5. The Hall–Kier alpha value is -3.81. The molecule has 2 aromatic rings. The fourth-order valence-electron chi connectivity index (χ4n) is 13.2. The second kappa shape index (κ2) is 12.4. The third-order valence-corrected chi connectivity index (χ3v) is 15.4. The highest BCUT2D eigenvalue weighted by Gasteiger charge is 2.72. The van der Waals surface area contributed by atoms with E-state index in [1.807, 2.05) is 36.5 Å². The van der Waals surface area contributed by atoms with Crippen LogP contribution < -0.4 is 0 Å². The van der Waals surface area contributed by atoms with Crippen LogP contribution in [-0.4, -0.2) is 44.9 Å². The van der Waals surface area contributed by atoms with E-state index in [0.29, 0.717) is 17.5 Å². The molecule has 5 aliphatic rings. The average molecular weight is 679 g/mol. The van der Waals surface area contributed by atoms with Gasteiger partial charge in [-0.1, -0.05) is 63.1 Å². The Kier molecular flexibility index (Phi) is 8.62. The lowest BCUT2D eigenvalue weighted by Gasteiger charge is -2.72. The Labute approximate surface area is 297 Å². The highest BCUT2D eigenvalue weighted by Crippen LogP contribution is 2.77. The summed E-state index contributed by atoms with van der Waals surface area (Å²) in [6.45, 7) is 12.2. The number of allylic oxidation sites excluding steroid dienone is 2. The number of aromatic nitrogens is 2. The lowest BCUT2D eigenvalue weighted by atomic mass is 9.32. The number of carbonyl (C=O) groups excluding carboxylic acids is 1. The van der Waals surface area contributed by atoms with Gasteiger partial charge in [-0.25, -0.2) is 0 Å². The van der Waals surface area contributed by atoms with E-state index < -0.39 is 5.41 Å². The predicted molar refractivity (Wildman–Crippen MR) is 195 cm³/mol. The highest BCUT2D eigenvalue weighted by atomic mass is 16.5. The van der Waals surface area contributed by atoms with Crippen LogP contribution in [0.4, 0.5) is 0 Å². The first-order valence-corrected chi connectivity index (χ1v) is 18.6. The van der Waals surface area contributed by atoms with Crippen molar-refractivity contribution < 1.29 is 19.9 Å². The molecule has 8 heteroatoms. The zero-order valence-corrected chi connectivity index (χ0v) is 30.6. The molecule has 2 heterocycles. The summed E-state index contributed by atoms with van der Waals surface area (Å²) >= 11 is 0. The topological polar surface area (TPSA) is 117 Å². The van der Waals surface area contributed by atoms with Crippen molar-refractivity contribution in [3.8, 4) is 0 Å². The summed E-state index contributed by atoms with van der Waals surface area (Å²) in [7, 11) is 1.53. The Morgan fingerprint density at radius 2 is 1.60 bits per heavy atom. The smallest absolute Gasteiger partial charge is 0.312 e. The van der Waals surface area contributed by atoms with E-state index in [9.17, 15) is 15.2 Å². The molecule has 0 bridgehead atoms. The van der Waals surface area contributed by atoms with Crippen LogP contribution in [0.1, 0.15) is 104 Å². The number of ether oxygens (including phenoxy) is 1. The van der Waals surface area contributed by atoms with Crippen LogP contribution in [0.2, 0.25) is 0 Å². The standard InChI is InChI=1S/C42H54N4O4/c1-38(2)33-16-17-41(5)34(39(33,3)24-29(36(38)46-49)23-28-10-8-22-44-26-28)14-12-31-35-30(32(45-48)13-11-27-9-7-21-43-25-27)15-18-42(35,37(47)50-6)20-19-40(31,41)4/h7-11,13,21-23,25-26,30-31,33-35,48-49H,12,14-20,24H2,1-6H3/b13-11+,29-23-,45-32+,46-36-/t30-,31+,33-,34+,35+,39-,40+,41+,42-/m0/s1. The summed E-state index contributed by atoms with van der Waals surface area (Å²) in [5.41, 5.74) is 3.64. The molecule has 7 rings (SSSR count). The zero-order valence-electron chi connectivity index (χ0n) is 30.6. The number of esters is 1. The minimum absolute atomic E-state index is 0.0111. The van der Waals surface area contributed by atoms with Crippen LogP contribution in [0.3, 0.4) is 0 Å². The molecule has 5 fully saturated rings. The van der Waals surface area contributed by atoms with Crippen molar-refractivity contribution in [1.29, 1.82) is 0 Å². The van der Waals surface area contributed by atoms with Gasteiger partial charge in [0.25, 0.3) is 0 Å². The quantitative estimate of drug-likeness (QED) is 0.141. The molecule has 0 radical (unpaired) electrons. The maximum absolute atomic E-state index is 13.9. The second-order valence-corrected chi connectivity index (χ2v) is 17.4. The number of methoxy groups -OCH3 is 1. The molecule has 9 atom stereocenters. The Morgan fingerprint density at radius 1 is 0.880 bits per heavy atom. The summed E-state index contributed by atoms with van der Waals surface area (Å²) in [5, 5.41) is 28.8. The Morgan fingerprint density at radius 3 is 2.24 bits per heavy atom. The van der Waals surface area contributed by atoms with Crippen LogP contribution in [-0.2, 0) is 9.53 Å². The van der Waals surface area contributed by atoms with Gasteiger partial charge < -0.3 is 15.2 Å². The van der Waals surface area contributed by atoms with Crippen molar-refractivity contribution in [2.75, 3.05) is 7.11 Å². The van der Waals surface area contributed by atoms with E-state index in [1.165, 1.54) is 7.11 Å². The van der Waals surface area contributed by atoms with Crippen molar-refractivity contribution >= 4 is 29.5 Å². The van der Waals surface area contributed by atoms with E-state index in [1.54, 1.807) is 18.6 Å². The first-order chi connectivity index (χ1) is 23.9. The number of pyridine rings is 2. The Balaban J connectivity index is 1.28. The van der Waals surface area contributed by atoms with Gasteiger partial charge in [0, 0.05) is 36.1 Å². The summed E-state index contributed by atoms with van der Waals surface area (Å²) in [6, 6.07) is 7.91. The van der Waals surface area contributed by atoms with Crippen LogP contribution >= 0.6 is 0 Å². The maximum Gasteiger partial charge on any atom is 0.312 e. The molecule has 0 aromatic carbocycles. The molecule has 0 unspecified atom stereocenters.